The van der Waals surface area contributed by atoms with Crippen LogP contribution in [0.3, 0.4) is 0 Å². The summed E-state index contributed by atoms with van der Waals surface area (Å²) in [6, 6.07) is 8.13. The first kappa shape index (κ1) is 13.6. The highest BCUT2D eigenvalue weighted by Gasteiger charge is 2.31. The van der Waals surface area contributed by atoms with Gasteiger partial charge in [-0.3, -0.25) is 4.79 Å². The minimum Gasteiger partial charge on any atom is -0.311 e. The zero-order valence-electron chi connectivity index (χ0n) is 11.2. The van der Waals surface area contributed by atoms with Crippen molar-refractivity contribution in [1.29, 1.82) is 0 Å². The van der Waals surface area contributed by atoms with Crippen LogP contribution in [0.25, 0.3) is 0 Å². The molecule has 0 radical (unpaired) electrons. The van der Waals surface area contributed by atoms with E-state index in [1.165, 1.54) is 28.7 Å². The highest BCUT2D eigenvalue weighted by atomic mass is 32.2. The van der Waals surface area contributed by atoms with E-state index < -0.39 is 0 Å². The monoisotopic (exact) mass is 305 g/mol. The Bertz CT molecular complexity index is 583. The SMILES string of the molecule is Cc1ccc(N2CCC[C@H](Sc3nncs3)C2=O)cc1. The summed E-state index contributed by atoms with van der Waals surface area (Å²) in [5.41, 5.74) is 3.90. The average Bonchev–Trinajstić information content (AvgIpc) is 2.95. The number of carbonyl (C=O) groups excluding carboxylic acids is 1. The first-order valence-corrected chi connectivity index (χ1v) is 8.31. The maximum atomic E-state index is 12.6. The Kier molecular flexibility index (Phi) is 4.03. The van der Waals surface area contributed by atoms with Crippen LogP contribution in [0.4, 0.5) is 5.69 Å². The Balaban J connectivity index is 1.76. The summed E-state index contributed by atoms with van der Waals surface area (Å²) < 4.78 is 0.870. The van der Waals surface area contributed by atoms with Crippen molar-refractivity contribution in [2.75, 3.05) is 11.4 Å². The number of nitrogens with zero attached hydrogens (tertiary/aromatic N) is 3. The van der Waals surface area contributed by atoms with Gasteiger partial charge in [-0.1, -0.05) is 40.8 Å². The van der Waals surface area contributed by atoms with Gasteiger partial charge in [-0.05, 0) is 31.9 Å². The lowest BCUT2D eigenvalue weighted by atomic mass is 10.1. The molecule has 104 valence electrons. The molecular weight excluding hydrogens is 290 g/mol. The third-order valence-electron chi connectivity index (χ3n) is 3.32. The summed E-state index contributed by atoms with van der Waals surface area (Å²) in [4.78, 5) is 14.5. The van der Waals surface area contributed by atoms with E-state index in [4.69, 9.17) is 0 Å². The molecule has 1 aliphatic rings. The summed E-state index contributed by atoms with van der Waals surface area (Å²) in [7, 11) is 0. The quantitative estimate of drug-likeness (QED) is 0.874. The molecule has 2 aromatic rings. The molecule has 1 saturated heterocycles. The molecule has 1 fully saturated rings. The molecule has 1 amide bonds. The smallest absolute Gasteiger partial charge is 0.240 e. The normalized spacial score (nSPS) is 19.4. The summed E-state index contributed by atoms with van der Waals surface area (Å²) in [6.45, 7) is 2.85. The van der Waals surface area contributed by atoms with Crippen molar-refractivity contribution in [3.05, 3.63) is 35.3 Å². The second-order valence-electron chi connectivity index (χ2n) is 4.78. The van der Waals surface area contributed by atoms with E-state index in [0.717, 1.165) is 29.4 Å². The minimum absolute atomic E-state index is 0.0435. The molecular formula is C14H15N3OS2. The Labute approximate surface area is 126 Å². The molecule has 0 unspecified atom stereocenters. The van der Waals surface area contributed by atoms with Gasteiger partial charge in [0.25, 0.3) is 0 Å². The van der Waals surface area contributed by atoms with E-state index in [2.05, 4.69) is 17.1 Å². The maximum absolute atomic E-state index is 12.6. The molecule has 2 heterocycles. The lowest BCUT2D eigenvalue weighted by Gasteiger charge is -2.31. The third-order valence-corrected chi connectivity index (χ3v) is 5.38. The van der Waals surface area contributed by atoms with Gasteiger partial charge in [-0.25, -0.2) is 0 Å². The Morgan fingerprint density at radius 2 is 2.15 bits per heavy atom. The molecule has 20 heavy (non-hydrogen) atoms. The highest BCUT2D eigenvalue weighted by Crippen LogP contribution is 2.32. The van der Waals surface area contributed by atoms with Crippen LogP contribution in [-0.4, -0.2) is 27.9 Å². The van der Waals surface area contributed by atoms with Crippen LogP contribution in [-0.2, 0) is 4.79 Å². The first-order valence-electron chi connectivity index (χ1n) is 6.55. The number of thioether (sulfide) groups is 1. The van der Waals surface area contributed by atoms with Gasteiger partial charge in [0, 0.05) is 12.2 Å². The number of aromatic nitrogens is 2. The van der Waals surface area contributed by atoms with E-state index >= 15 is 0 Å². The molecule has 3 rings (SSSR count). The zero-order valence-corrected chi connectivity index (χ0v) is 12.8. The molecule has 6 heteroatoms. The van der Waals surface area contributed by atoms with E-state index in [-0.39, 0.29) is 11.2 Å². The number of hydrogen-bond donors (Lipinski definition) is 0. The van der Waals surface area contributed by atoms with Gasteiger partial charge in [-0.2, -0.15) is 0 Å². The van der Waals surface area contributed by atoms with E-state index in [1.807, 2.05) is 29.2 Å². The predicted octanol–water partition coefficient (Wildman–Crippen LogP) is 3.13. The van der Waals surface area contributed by atoms with Crippen molar-refractivity contribution in [3.63, 3.8) is 0 Å². The van der Waals surface area contributed by atoms with E-state index in [0.29, 0.717) is 0 Å². The highest BCUT2D eigenvalue weighted by molar-refractivity contribution is 8.02. The second-order valence-corrected chi connectivity index (χ2v) is 7.06. The van der Waals surface area contributed by atoms with E-state index in [9.17, 15) is 4.79 Å². The summed E-state index contributed by atoms with van der Waals surface area (Å²) in [6.07, 6.45) is 1.93. The average molecular weight is 305 g/mol. The molecule has 1 aliphatic heterocycles. The topological polar surface area (TPSA) is 46.1 Å². The van der Waals surface area contributed by atoms with Crippen molar-refractivity contribution in [1.82, 2.24) is 10.2 Å². The number of benzene rings is 1. The standard InChI is InChI=1S/C14H15N3OS2/c1-10-4-6-11(7-5-10)17-8-2-3-12(13(17)18)20-14-16-15-9-19-14/h4-7,9,12H,2-3,8H2,1H3/t12-/m0/s1. The fraction of sp³-hybridized carbons (Fsp3) is 0.357. The largest absolute Gasteiger partial charge is 0.311 e. The van der Waals surface area contributed by atoms with Crippen LogP contribution in [0.15, 0.2) is 34.1 Å². The third kappa shape index (κ3) is 2.86. The predicted molar refractivity (Wildman–Crippen MR) is 82.3 cm³/mol. The Morgan fingerprint density at radius 3 is 2.85 bits per heavy atom. The van der Waals surface area contributed by atoms with Gasteiger partial charge >= 0.3 is 0 Å². The van der Waals surface area contributed by atoms with Crippen molar-refractivity contribution in [3.8, 4) is 0 Å². The van der Waals surface area contributed by atoms with Crippen molar-refractivity contribution < 1.29 is 4.79 Å². The fourth-order valence-electron chi connectivity index (χ4n) is 2.27. The number of amides is 1. The van der Waals surface area contributed by atoms with Crippen LogP contribution < -0.4 is 4.90 Å². The van der Waals surface area contributed by atoms with E-state index in [1.54, 1.807) is 5.51 Å². The molecule has 1 atom stereocenters. The van der Waals surface area contributed by atoms with Crippen LogP contribution in [0.1, 0.15) is 18.4 Å². The molecule has 0 saturated carbocycles. The van der Waals surface area contributed by atoms with Crippen LogP contribution in [0.5, 0.6) is 0 Å². The van der Waals surface area contributed by atoms with Crippen molar-refractivity contribution >= 4 is 34.7 Å². The molecule has 0 spiro atoms. The van der Waals surface area contributed by atoms with Crippen LogP contribution >= 0.6 is 23.1 Å². The number of anilines is 1. The van der Waals surface area contributed by atoms with Crippen LogP contribution in [0.2, 0.25) is 0 Å². The van der Waals surface area contributed by atoms with Gasteiger partial charge in [0.05, 0.1) is 5.25 Å². The zero-order chi connectivity index (χ0) is 13.9. The van der Waals surface area contributed by atoms with Gasteiger partial charge in [-0.15, -0.1) is 10.2 Å². The Hall–Kier alpha value is -1.40. The van der Waals surface area contributed by atoms with Gasteiger partial charge in [0.15, 0.2) is 4.34 Å². The summed E-state index contributed by atoms with van der Waals surface area (Å²) in [5.74, 6) is 0.181. The Morgan fingerprint density at radius 1 is 1.35 bits per heavy atom. The van der Waals surface area contributed by atoms with Gasteiger partial charge < -0.3 is 4.90 Å². The number of carbonyl (C=O) groups is 1. The molecule has 1 aromatic carbocycles. The first-order chi connectivity index (χ1) is 9.74. The molecule has 0 N–H and O–H groups in total. The van der Waals surface area contributed by atoms with Gasteiger partial charge in [0.2, 0.25) is 5.91 Å². The van der Waals surface area contributed by atoms with Crippen molar-refractivity contribution in [2.24, 2.45) is 0 Å². The molecule has 1 aromatic heterocycles. The molecule has 0 bridgehead atoms. The lowest BCUT2D eigenvalue weighted by molar-refractivity contribution is -0.119. The second kappa shape index (κ2) is 5.93. The number of hydrogen-bond acceptors (Lipinski definition) is 5. The van der Waals surface area contributed by atoms with Gasteiger partial charge in [0.1, 0.15) is 5.51 Å². The lowest BCUT2D eigenvalue weighted by Crippen LogP contribution is -2.42. The minimum atomic E-state index is -0.0435. The fourth-order valence-corrected chi connectivity index (χ4v) is 4.10. The summed E-state index contributed by atoms with van der Waals surface area (Å²) >= 11 is 3.02. The van der Waals surface area contributed by atoms with Crippen molar-refractivity contribution in [2.45, 2.75) is 29.4 Å². The summed E-state index contributed by atoms with van der Waals surface area (Å²) in [5, 5.41) is 7.79. The number of piperidine rings is 1. The maximum Gasteiger partial charge on any atom is 0.240 e. The van der Waals surface area contributed by atoms with Crippen LogP contribution in [0, 0.1) is 6.92 Å². The number of aryl methyl sites for hydroxylation is 1. The number of rotatable bonds is 3. The molecule has 4 nitrogen and oxygen atoms in total. The molecule has 0 aliphatic carbocycles.